The maximum absolute atomic E-state index is 11.9. The molecule has 0 aromatic carbocycles. The maximum Gasteiger partial charge on any atom is 0.313 e. The third-order valence-corrected chi connectivity index (χ3v) is 3.25. The molecule has 0 aromatic heterocycles. The second kappa shape index (κ2) is 6.03. The van der Waals surface area contributed by atoms with Gasteiger partial charge in [-0.1, -0.05) is 12.8 Å². The van der Waals surface area contributed by atoms with Gasteiger partial charge in [0.2, 0.25) is 5.91 Å². The first-order valence-corrected chi connectivity index (χ1v) is 6.33. The maximum atomic E-state index is 11.9. The van der Waals surface area contributed by atoms with Gasteiger partial charge in [0.25, 0.3) is 0 Å². The van der Waals surface area contributed by atoms with Crippen molar-refractivity contribution in [1.82, 2.24) is 4.90 Å². The molecule has 1 rings (SSSR count). The minimum absolute atomic E-state index is 0.168. The van der Waals surface area contributed by atoms with Gasteiger partial charge in [-0.3, -0.25) is 9.59 Å². The van der Waals surface area contributed by atoms with Crippen LogP contribution in [-0.4, -0.2) is 37.0 Å². The van der Waals surface area contributed by atoms with Crippen molar-refractivity contribution in [3.63, 3.8) is 0 Å². The number of esters is 1. The fraction of sp³-hybridized carbons (Fsp3) is 0.846. The van der Waals surface area contributed by atoms with Gasteiger partial charge in [0.15, 0.2) is 0 Å². The van der Waals surface area contributed by atoms with Crippen molar-refractivity contribution in [2.45, 2.75) is 46.0 Å². The molecule has 0 aliphatic carbocycles. The number of ether oxygens (including phenoxy) is 1. The number of likely N-dealkylation sites (tertiary alicyclic amines) is 1. The molecular weight excluding hydrogens is 218 g/mol. The number of amides is 1. The average molecular weight is 241 g/mol. The fourth-order valence-electron chi connectivity index (χ4n) is 2.20. The van der Waals surface area contributed by atoms with Gasteiger partial charge in [-0.15, -0.1) is 0 Å². The molecule has 1 fully saturated rings. The predicted octanol–water partition coefficient (Wildman–Crippen LogP) is 1.98. The first kappa shape index (κ1) is 14.0. The molecule has 0 N–H and O–H groups in total. The van der Waals surface area contributed by atoms with E-state index in [0.29, 0.717) is 13.0 Å². The van der Waals surface area contributed by atoms with Crippen LogP contribution in [0.2, 0.25) is 0 Å². The van der Waals surface area contributed by atoms with Crippen molar-refractivity contribution in [1.29, 1.82) is 0 Å². The van der Waals surface area contributed by atoms with E-state index >= 15 is 0 Å². The number of methoxy groups -OCH3 is 1. The van der Waals surface area contributed by atoms with Crippen molar-refractivity contribution in [3.8, 4) is 0 Å². The van der Waals surface area contributed by atoms with Crippen LogP contribution in [0.4, 0.5) is 0 Å². The smallest absolute Gasteiger partial charge is 0.313 e. The molecule has 0 aromatic rings. The SMILES string of the molecule is COC(=O)C(C)(C)CN1CCCCCCC1=O. The molecule has 0 saturated carbocycles. The van der Waals surface area contributed by atoms with E-state index in [1.165, 1.54) is 13.5 Å². The molecule has 0 radical (unpaired) electrons. The van der Waals surface area contributed by atoms with E-state index in [1.54, 1.807) is 0 Å². The molecule has 0 bridgehead atoms. The number of nitrogens with zero attached hydrogens (tertiary/aromatic N) is 1. The minimum Gasteiger partial charge on any atom is -0.469 e. The third kappa shape index (κ3) is 4.02. The summed E-state index contributed by atoms with van der Waals surface area (Å²) in [5.74, 6) is -0.0889. The monoisotopic (exact) mass is 241 g/mol. The molecule has 1 aliphatic rings. The number of carbonyl (C=O) groups excluding carboxylic acids is 2. The average Bonchev–Trinajstić information content (AvgIpc) is 2.27. The Kier molecular flexibility index (Phi) is 4.97. The molecular formula is C13H23NO3. The summed E-state index contributed by atoms with van der Waals surface area (Å²) in [4.78, 5) is 25.4. The zero-order valence-corrected chi connectivity index (χ0v) is 11.1. The quantitative estimate of drug-likeness (QED) is 0.710. The second-order valence-electron chi connectivity index (χ2n) is 5.35. The number of carbonyl (C=O) groups is 2. The van der Waals surface area contributed by atoms with Crippen LogP contribution in [0.15, 0.2) is 0 Å². The van der Waals surface area contributed by atoms with Crippen LogP contribution >= 0.6 is 0 Å². The van der Waals surface area contributed by atoms with Gasteiger partial charge in [-0.05, 0) is 26.7 Å². The summed E-state index contributed by atoms with van der Waals surface area (Å²) in [6.45, 7) is 4.87. The molecule has 0 spiro atoms. The van der Waals surface area contributed by atoms with E-state index in [2.05, 4.69) is 0 Å². The highest BCUT2D eigenvalue weighted by Crippen LogP contribution is 2.21. The van der Waals surface area contributed by atoms with E-state index in [4.69, 9.17) is 4.74 Å². The zero-order valence-electron chi connectivity index (χ0n) is 11.1. The van der Waals surface area contributed by atoms with Crippen LogP contribution in [0.25, 0.3) is 0 Å². The minimum atomic E-state index is -0.621. The Labute approximate surface area is 103 Å². The van der Waals surface area contributed by atoms with Gasteiger partial charge >= 0.3 is 5.97 Å². The summed E-state index contributed by atoms with van der Waals surface area (Å²) in [5, 5.41) is 0. The zero-order chi connectivity index (χ0) is 12.9. The van der Waals surface area contributed by atoms with Crippen molar-refractivity contribution in [3.05, 3.63) is 0 Å². The van der Waals surface area contributed by atoms with E-state index in [9.17, 15) is 9.59 Å². The third-order valence-electron chi connectivity index (χ3n) is 3.25. The molecule has 98 valence electrons. The van der Waals surface area contributed by atoms with E-state index in [1.807, 2.05) is 18.7 Å². The molecule has 4 nitrogen and oxygen atoms in total. The lowest BCUT2D eigenvalue weighted by Crippen LogP contribution is -2.43. The van der Waals surface area contributed by atoms with Gasteiger partial charge in [0.05, 0.1) is 12.5 Å². The van der Waals surface area contributed by atoms with Gasteiger partial charge in [0, 0.05) is 19.5 Å². The number of hydrogen-bond acceptors (Lipinski definition) is 3. The highest BCUT2D eigenvalue weighted by molar-refractivity contribution is 5.79. The summed E-state index contributed by atoms with van der Waals surface area (Å²) in [6, 6.07) is 0. The van der Waals surface area contributed by atoms with Crippen LogP contribution < -0.4 is 0 Å². The topological polar surface area (TPSA) is 46.6 Å². The van der Waals surface area contributed by atoms with Crippen LogP contribution in [0, 0.1) is 5.41 Å². The number of rotatable bonds is 3. The Bertz CT molecular complexity index is 286. The van der Waals surface area contributed by atoms with Gasteiger partial charge in [-0.25, -0.2) is 0 Å². The van der Waals surface area contributed by atoms with Crippen LogP contribution in [0.3, 0.4) is 0 Å². The van der Waals surface area contributed by atoms with E-state index in [-0.39, 0.29) is 11.9 Å². The van der Waals surface area contributed by atoms with Gasteiger partial charge < -0.3 is 9.64 Å². The molecule has 1 amide bonds. The molecule has 0 unspecified atom stereocenters. The second-order valence-corrected chi connectivity index (χ2v) is 5.35. The lowest BCUT2D eigenvalue weighted by molar-refractivity contribution is -0.153. The lowest BCUT2D eigenvalue weighted by Gasteiger charge is -2.32. The van der Waals surface area contributed by atoms with Crippen molar-refractivity contribution in [2.24, 2.45) is 5.41 Å². The summed E-state index contributed by atoms with van der Waals surface area (Å²) in [7, 11) is 1.39. The molecule has 17 heavy (non-hydrogen) atoms. The van der Waals surface area contributed by atoms with E-state index in [0.717, 1.165) is 25.8 Å². The Morgan fingerprint density at radius 2 is 1.94 bits per heavy atom. The largest absolute Gasteiger partial charge is 0.469 e. The van der Waals surface area contributed by atoms with Gasteiger partial charge in [0.1, 0.15) is 0 Å². The molecule has 0 atom stereocenters. The Hall–Kier alpha value is -1.06. The lowest BCUT2D eigenvalue weighted by atomic mass is 9.92. The summed E-state index contributed by atoms with van der Waals surface area (Å²) in [5.41, 5.74) is -0.621. The van der Waals surface area contributed by atoms with Crippen LogP contribution in [0.5, 0.6) is 0 Å². The highest BCUT2D eigenvalue weighted by Gasteiger charge is 2.32. The normalized spacial score (nSPS) is 18.5. The standard InChI is InChI=1S/C13H23NO3/c1-13(2,12(16)17-3)10-14-9-7-5-4-6-8-11(14)15/h4-10H2,1-3H3. The number of hydrogen-bond donors (Lipinski definition) is 0. The van der Waals surface area contributed by atoms with Gasteiger partial charge in [-0.2, -0.15) is 0 Å². The Morgan fingerprint density at radius 1 is 1.29 bits per heavy atom. The molecule has 1 heterocycles. The fourth-order valence-corrected chi connectivity index (χ4v) is 2.20. The first-order valence-electron chi connectivity index (χ1n) is 6.33. The summed E-state index contributed by atoms with van der Waals surface area (Å²) < 4.78 is 4.77. The summed E-state index contributed by atoms with van der Waals surface area (Å²) >= 11 is 0. The van der Waals surface area contributed by atoms with Crippen LogP contribution in [0.1, 0.15) is 46.0 Å². The van der Waals surface area contributed by atoms with Crippen molar-refractivity contribution < 1.29 is 14.3 Å². The predicted molar refractivity (Wildman–Crippen MR) is 65.5 cm³/mol. The Balaban J connectivity index is 2.63. The molecule has 4 heteroatoms. The highest BCUT2D eigenvalue weighted by atomic mass is 16.5. The van der Waals surface area contributed by atoms with E-state index < -0.39 is 5.41 Å². The molecule has 1 aliphatic heterocycles. The van der Waals surface area contributed by atoms with Crippen molar-refractivity contribution >= 4 is 11.9 Å². The first-order chi connectivity index (χ1) is 7.97. The summed E-state index contributed by atoms with van der Waals surface area (Å²) in [6.07, 6.45) is 4.91. The van der Waals surface area contributed by atoms with Crippen molar-refractivity contribution in [2.75, 3.05) is 20.2 Å². The van der Waals surface area contributed by atoms with Crippen LogP contribution in [-0.2, 0) is 14.3 Å². The molecule has 1 saturated heterocycles. The Morgan fingerprint density at radius 3 is 2.59 bits per heavy atom.